The minimum absolute atomic E-state index is 0.153. The lowest BCUT2D eigenvalue weighted by Crippen LogP contribution is -2.39. The van der Waals surface area contributed by atoms with E-state index in [1.165, 1.54) is 31.2 Å². The Morgan fingerprint density at radius 3 is 2.30 bits per heavy atom. The van der Waals surface area contributed by atoms with E-state index in [1.54, 1.807) is 19.1 Å². The Balaban J connectivity index is 2.08. The molecule has 0 heterocycles. The van der Waals surface area contributed by atoms with E-state index in [0.29, 0.717) is 21.3 Å². The Kier molecular flexibility index (Phi) is 9.50. The van der Waals surface area contributed by atoms with Crippen molar-refractivity contribution in [2.24, 2.45) is 0 Å². The fourth-order valence-corrected chi connectivity index (χ4v) is 3.52. The smallest absolute Gasteiger partial charge is 0.308 e. The van der Waals surface area contributed by atoms with E-state index >= 15 is 0 Å². The molecule has 5 N–H and O–H groups in total. The third kappa shape index (κ3) is 8.63. The molecule has 0 radical (unpaired) electrons. The third-order valence-electron chi connectivity index (χ3n) is 4.25. The van der Waals surface area contributed by atoms with Crippen LogP contribution in [-0.4, -0.2) is 36.8 Å². The Morgan fingerprint density at radius 2 is 1.70 bits per heavy atom. The molecule has 1 atom stereocenters. The van der Waals surface area contributed by atoms with Gasteiger partial charge in [0.25, 0.3) is 5.91 Å². The fraction of sp³-hybridized carbons (Fsp3) is 0.273. The van der Waals surface area contributed by atoms with Crippen LogP contribution < -0.4 is 21.7 Å². The van der Waals surface area contributed by atoms with Crippen LogP contribution in [0.4, 0.5) is 11.4 Å². The Morgan fingerprint density at radius 1 is 1.03 bits per heavy atom. The van der Waals surface area contributed by atoms with Crippen molar-refractivity contribution in [2.75, 3.05) is 24.2 Å². The number of nitrogens with two attached hydrogens (primary N) is 1. The predicted molar refractivity (Wildman–Crippen MR) is 126 cm³/mol. The van der Waals surface area contributed by atoms with Crippen LogP contribution in [0.15, 0.2) is 36.4 Å². The Hall–Kier alpha value is -3.30. The Bertz CT molecular complexity index is 1040. The number of nitrogen functional groups attached to an aromatic ring is 1. The lowest BCUT2D eigenvalue weighted by atomic mass is 10.0. The largest absolute Gasteiger partial charge is 0.466 e. The first-order valence-electron chi connectivity index (χ1n) is 9.94. The van der Waals surface area contributed by atoms with Crippen molar-refractivity contribution in [3.8, 4) is 0 Å². The van der Waals surface area contributed by atoms with Crippen molar-refractivity contribution in [3.05, 3.63) is 57.6 Å². The van der Waals surface area contributed by atoms with Gasteiger partial charge in [-0.25, -0.2) is 0 Å². The molecule has 0 fully saturated rings. The van der Waals surface area contributed by atoms with Gasteiger partial charge in [-0.2, -0.15) is 0 Å². The molecule has 1 unspecified atom stereocenters. The summed E-state index contributed by atoms with van der Waals surface area (Å²) in [6.07, 6.45) is -0.153. The number of amides is 3. The quantitative estimate of drug-likeness (QED) is 0.312. The number of nitrogens with one attached hydrogen (secondary N) is 3. The topological polar surface area (TPSA) is 140 Å². The second-order valence-corrected chi connectivity index (χ2v) is 7.91. The maximum Gasteiger partial charge on any atom is 0.308 e. The number of halogens is 2. The van der Waals surface area contributed by atoms with Gasteiger partial charge in [0.05, 0.1) is 25.6 Å². The van der Waals surface area contributed by atoms with Gasteiger partial charge in [0.1, 0.15) is 0 Å². The highest BCUT2D eigenvalue weighted by Gasteiger charge is 2.21. The molecule has 9 nitrogen and oxygen atoms in total. The number of ether oxygens (including phenoxy) is 1. The summed E-state index contributed by atoms with van der Waals surface area (Å²) in [6, 6.07) is 8.25. The van der Waals surface area contributed by atoms with Crippen molar-refractivity contribution in [3.63, 3.8) is 0 Å². The minimum atomic E-state index is -0.775. The van der Waals surface area contributed by atoms with Gasteiger partial charge in [-0.1, -0.05) is 23.2 Å². The highest BCUT2D eigenvalue weighted by Crippen LogP contribution is 2.26. The molecule has 2 aromatic rings. The van der Waals surface area contributed by atoms with E-state index in [4.69, 9.17) is 33.7 Å². The van der Waals surface area contributed by atoms with Crippen LogP contribution in [0.25, 0.3) is 0 Å². The van der Waals surface area contributed by atoms with Crippen LogP contribution in [-0.2, 0) is 19.1 Å². The van der Waals surface area contributed by atoms with Crippen LogP contribution in [0.2, 0.25) is 10.0 Å². The summed E-state index contributed by atoms with van der Waals surface area (Å²) in [6.45, 7) is 2.81. The van der Waals surface area contributed by atoms with E-state index in [9.17, 15) is 19.2 Å². The van der Waals surface area contributed by atoms with Crippen molar-refractivity contribution >= 4 is 58.3 Å². The molecule has 11 heteroatoms. The summed E-state index contributed by atoms with van der Waals surface area (Å²) >= 11 is 12.1. The van der Waals surface area contributed by atoms with Crippen LogP contribution in [0.1, 0.15) is 42.2 Å². The number of rotatable bonds is 9. The van der Waals surface area contributed by atoms with E-state index < -0.39 is 23.8 Å². The maximum atomic E-state index is 12.5. The number of carbonyl (C=O) groups excluding carboxylic acids is 4. The van der Waals surface area contributed by atoms with Gasteiger partial charge in [0.15, 0.2) is 0 Å². The first-order valence-corrected chi connectivity index (χ1v) is 10.7. The molecule has 0 aliphatic heterocycles. The standard InChI is InChI=1S/C22H24Cl2N4O5/c1-3-33-21(31)10-19(13-4-15(23)8-16(24)5-13)28-20(30)11-26-22(32)14-6-17(25)9-18(7-14)27-12(2)29/h4-9,19H,3,10-11,25H2,1-2H3,(H,26,32)(H,27,29)(H,28,30). The zero-order valence-electron chi connectivity index (χ0n) is 18.0. The van der Waals surface area contributed by atoms with E-state index in [-0.39, 0.29) is 36.7 Å². The van der Waals surface area contributed by atoms with Crippen LogP contribution in [0, 0.1) is 0 Å². The van der Waals surface area contributed by atoms with Crippen LogP contribution >= 0.6 is 23.2 Å². The first kappa shape index (κ1) is 26.0. The third-order valence-corrected chi connectivity index (χ3v) is 4.68. The second-order valence-electron chi connectivity index (χ2n) is 7.04. The summed E-state index contributed by atoms with van der Waals surface area (Å²) in [5.41, 5.74) is 7.07. The van der Waals surface area contributed by atoms with Crippen LogP contribution in [0.3, 0.4) is 0 Å². The normalized spacial score (nSPS) is 11.3. The molecule has 2 rings (SSSR count). The monoisotopic (exact) mass is 494 g/mol. The number of benzene rings is 2. The molecule has 0 bridgehead atoms. The van der Waals surface area contributed by atoms with Gasteiger partial charge < -0.3 is 26.4 Å². The molecule has 0 saturated carbocycles. The predicted octanol–water partition coefficient (Wildman–Crippen LogP) is 3.07. The molecule has 0 spiro atoms. The molecular weight excluding hydrogens is 471 g/mol. The zero-order chi connectivity index (χ0) is 24.5. The average molecular weight is 495 g/mol. The summed E-state index contributed by atoms with van der Waals surface area (Å²) in [5, 5.41) is 8.38. The molecule has 0 aliphatic carbocycles. The van der Waals surface area contributed by atoms with Crippen LogP contribution in [0.5, 0.6) is 0 Å². The van der Waals surface area contributed by atoms with Crippen molar-refractivity contribution in [1.29, 1.82) is 0 Å². The fourth-order valence-electron chi connectivity index (χ4n) is 2.98. The van der Waals surface area contributed by atoms with Crippen molar-refractivity contribution in [1.82, 2.24) is 10.6 Å². The van der Waals surface area contributed by atoms with Crippen molar-refractivity contribution in [2.45, 2.75) is 26.3 Å². The highest BCUT2D eigenvalue weighted by molar-refractivity contribution is 6.34. The van der Waals surface area contributed by atoms with Gasteiger partial charge in [0, 0.05) is 33.9 Å². The number of anilines is 2. The van der Waals surface area contributed by atoms with E-state index in [1.807, 2.05) is 0 Å². The average Bonchev–Trinajstić information content (AvgIpc) is 2.70. The molecule has 176 valence electrons. The molecule has 33 heavy (non-hydrogen) atoms. The number of esters is 1. The zero-order valence-corrected chi connectivity index (χ0v) is 19.5. The molecule has 2 aromatic carbocycles. The van der Waals surface area contributed by atoms with Gasteiger partial charge in [-0.15, -0.1) is 0 Å². The number of hydrogen-bond donors (Lipinski definition) is 4. The Labute approximate surface area is 200 Å². The molecule has 0 aromatic heterocycles. The van der Waals surface area contributed by atoms with Gasteiger partial charge in [0.2, 0.25) is 11.8 Å². The summed E-state index contributed by atoms with van der Waals surface area (Å²) in [7, 11) is 0. The molecule has 3 amide bonds. The molecule has 0 saturated heterocycles. The first-order chi connectivity index (χ1) is 15.6. The SMILES string of the molecule is CCOC(=O)CC(NC(=O)CNC(=O)c1cc(N)cc(NC(C)=O)c1)c1cc(Cl)cc(Cl)c1. The number of hydrogen-bond acceptors (Lipinski definition) is 6. The second kappa shape index (κ2) is 12.1. The van der Waals surface area contributed by atoms with E-state index in [2.05, 4.69) is 16.0 Å². The lowest BCUT2D eigenvalue weighted by Gasteiger charge is -2.19. The maximum absolute atomic E-state index is 12.5. The molecular formula is C22H24Cl2N4O5. The summed E-state index contributed by atoms with van der Waals surface area (Å²) < 4.78 is 4.97. The van der Waals surface area contributed by atoms with Crippen molar-refractivity contribution < 1.29 is 23.9 Å². The van der Waals surface area contributed by atoms with E-state index in [0.717, 1.165) is 0 Å². The molecule has 0 aliphatic rings. The van der Waals surface area contributed by atoms with Gasteiger partial charge >= 0.3 is 5.97 Å². The highest BCUT2D eigenvalue weighted by atomic mass is 35.5. The van der Waals surface area contributed by atoms with Gasteiger partial charge in [-0.05, 0) is 48.9 Å². The van der Waals surface area contributed by atoms with Gasteiger partial charge in [-0.3, -0.25) is 19.2 Å². The minimum Gasteiger partial charge on any atom is -0.466 e. The summed E-state index contributed by atoms with van der Waals surface area (Å²) in [4.78, 5) is 48.3. The number of carbonyl (C=O) groups is 4. The lowest BCUT2D eigenvalue weighted by molar-refractivity contribution is -0.143. The summed E-state index contributed by atoms with van der Waals surface area (Å²) in [5.74, 6) is -1.97.